The van der Waals surface area contributed by atoms with Gasteiger partial charge in [-0.3, -0.25) is 9.78 Å². The minimum Gasteiger partial charge on any atom is -0.497 e. The average molecular weight is 809 g/mol. The Morgan fingerprint density at radius 2 is 1.57 bits per heavy atom. The minimum absolute atomic E-state index is 0.0864. The Balaban J connectivity index is 1.57. The highest BCUT2D eigenvalue weighted by Crippen LogP contribution is 2.50. The molecule has 1 aliphatic heterocycles. The molecule has 0 saturated carbocycles. The Morgan fingerprint density at radius 1 is 0.966 bits per heavy atom. The zero-order valence-corrected chi connectivity index (χ0v) is 35.3. The first-order valence-corrected chi connectivity index (χ1v) is 20.3. The summed E-state index contributed by atoms with van der Waals surface area (Å²) in [7, 11) is 5.29. The minimum atomic E-state index is -1.63. The highest BCUT2D eigenvalue weighted by molar-refractivity contribution is 7.44. The van der Waals surface area contributed by atoms with Gasteiger partial charge in [0.15, 0.2) is 0 Å². The van der Waals surface area contributed by atoms with Gasteiger partial charge >= 0.3 is 0 Å². The van der Waals surface area contributed by atoms with Crippen LogP contribution in [0.4, 0.5) is 5.95 Å². The molecule has 0 amide bonds. The van der Waals surface area contributed by atoms with Crippen LogP contribution in [0, 0.1) is 23.2 Å². The van der Waals surface area contributed by atoms with E-state index in [1.165, 1.54) is 6.07 Å². The molecule has 1 saturated heterocycles. The number of aromatic amines is 1. The summed E-state index contributed by atoms with van der Waals surface area (Å²) in [6.07, 6.45) is 0.399. The molecule has 0 bridgehead atoms. The quantitative estimate of drug-likeness (QED) is 0.0273. The second kappa shape index (κ2) is 21.1. The van der Waals surface area contributed by atoms with E-state index in [0.717, 1.165) is 16.7 Å². The van der Waals surface area contributed by atoms with Crippen LogP contribution in [0.25, 0.3) is 0 Å². The lowest BCUT2D eigenvalue weighted by atomic mass is 9.80. The lowest BCUT2D eigenvalue weighted by Crippen LogP contribution is -2.39. The van der Waals surface area contributed by atoms with Crippen molar-refractivity contribution < 1.29 is 28.0 Å². The van der Waals surface area contributed by atoms with Crippen LogP contribution in [-0.2, 0) is 24.1 Å². The Hall–Kier alpha value is -5.11. The van der Waals surface area contributed by atoms with Crippen LogP contribution < -0.4 is 15.0 Å². The molecule has 58 heavy (non-hydrogen) atoms. The van der Waals surface area contributed by atoms with Gasteiger partial charge in [0.05, 0.1) is 52.4 Å². The molecule has 306 valence electrons. The van der Waals surface area contributed by atoms with Gasteiger partial charge in [-0.25, -0.2) is 14.6 Å². The van der Waals surface area contributed by atoms with Crippen molar-refractivity contribution >= 4 is 20.8 Å². The van der Waals surface area contributed by atoms with Crippen LogP contribution >= 0.6 is 8.53 Å². The fourth-order valence-electron chi connectivity index (χ4n) is 6.65. The van der Waals surface area contributed by atoms with Crippen molar-refractivity contribution in [2.75, 3.05) is 41.5 Å². The third kappa shape index (κ3) is 11.3. The van der Waals surface area contributed by atoms with Gasteiger partial charge in [0.25, 0.3) is 14.1 Å². The molecule has 4 aromatic rings. The molecule has 13 nitrogen and oxygen atoms in total. The predicted octanol–water partition coefficient (Wildman–Crippen LogP) is 7.19. The van der Waals surface area contributed by atoms with Gasteiger partial charge in [-0.2, -0.15) is 5.26 Å². The number of H-pyrrole nitrogens is 1. The first-order valence-electron chi connectivity index (χ1n) is 19.2. The molecule has 3 aromatic carbocycles. The molecule has 5 rings (SSSR count). The smallest absolute Gasteiger partial charge is 0.259 e. The van der Waals surface area contributed by atoms with Crippen molar-refractivity contribution in [3.8, 4) is 29.4 Å². The predicted molar refractivity (Wildman–Crippen MR) is 225 cm³/mol. The van der Waals surface area contributed by atoms with E-state index in [1.54, 1.807) is 25.5 Å². The fourth-order valence-corrected chi connectivity index (χ4v) is 8.41. The number of methoxy groups -OCH3 is 2. The first-order chi connectivity index (χ1) is 28.0. The monoisotopic (exact) mass is 808 g/mol. The van der Waals surface area contributed by atoms with Gasteiger partial charge in [-0.05, 0) is 74.6 Å². The molecule has 1 aromatic heterocycles. The van der Waals surface area contributed by atoms with Crippen LogP contribution in [-0.4, -0.2) is 97.8 Å². The van der Waals surface area contributed by atoms with Crippen molar-refractivity contribution in [3.05, 3.63) is 118 Å². The van der Waals surface area contributed by atoms with Crippen LogP contribution in [0.3, 0.4) is 0 Å². The lowest BCUT2D eigenvalue weighted by molar-refractivity contribution is -0.0736. The Bertz CT molecular complexity index is 2040. The number of hydrogen-bond acceptors (Lipinski definition) is 11. The van der Waals surface area contributed by atoms with E-state index in [9.17, 15) is 10.1 Å². The number of benzene rings is 3. The average Bonchev–Trinajstić information content (AvgIpc) is 3.61. The SMILES string of the molecule is COc1ccc(C(OC[C@H]2O[C@@H](C#Cc3cc(=O)[nH]c(/N=C/N(C)C)n3)C[C@@H]2OP(OCCC#N)N(C(C)C)C(C)C)(c2ccccc2)c2ccc(OC)cc2)cc1. The number of nitrogens with zero attached hydrogens (tertiary/aromatic N) is 5. The molecular weight excluding hydrogens is 755 g/mol. The van der Waals surface area contributed by atoms with Crippen molar-refractivity contribution in [1.29, 1.82) is 5.26 Å². The van der Waals surface area contributed by atoms with Crippen LogP contribution in [0.15, 0.2) is 94.7 Å². The summed E-state index contributed by atoms with van der Waals surface area (Å²) in [6.45, 7) is 8.68. The summed E-state index contributed by atoms with van der Waals surface area (Å²) < 4.78 is 40.5. The van der Waals surface area contributed by atoms with Crippen LogP contribution in [0.5, 0.6) is 11.5 Å². The van der Waals surface area contributed by atoms with E-state index in [0.29, 0.717) is 17.9 Å². The summed E-state index contributed by atoms with van der Waals surface area (Å²) in [5.74, 6) is 7.80. The van der Waals surface area contributed by atoms with Crippen LogP contribution in [0.2, 0.25) is 0 Å². The second-order valence-electron chi connectivity index (χ2n) is 14.3. The topological polar surface area (TPSA) is 144 Å². The van der Waals surface area contributed by atoms with Gasteiger partial charge in [-0.15, -0.1) is 0 Å². The molecular formula is C44H53N6O7P. The van der Waals surface area contributed by atoms with Crippen molar-refractivity contribution in [2.45, 2.75) is 76.5 Å². The third-order valence-corrected chi connectivity index (χ3v) is 11.4. The number of aliphatic imine (C=N–C) groups is 1. The summed E-state index contributed by atoms with van der Waals surface area (Å²) in [4.78, 5) is 25.5. The highest BCUT2D eigenvalue weighted by atomic mass is 31.2. The summed E-state index contributed by atoms with van der Waals surface area (Å²) >= 11 is 0. The number of hydrogen-bond donors (Lipinski definition) is 1. The maximum absolute atomic E-state index is 12.5. The van der Waals surface area contributed by atoms with E-state index in [2.05, 4.69) is 65.2 Å². The normalized spacial score (nSPS) is 17.3. The number of rotatable bonds is 18. The van der Waals surface area contributed by atoms with Crippen molar-refractivity contribution in [3.63, 3.8) is 0 Å². The summed E-state index contributed by atoms with van der Waals surface area (Å²) in [6, 6.07) is 29.4. The van der Waals surface area contributed by atoms with Gasteiger partial charge in [0, 0.05) is 38.7 Å². The zero-order valence-electron chi connectivity index (χ0n) is 34.4. The van der Waals surface area contributed by atoms with E-state index >= 15 is 0 Å². The molecule has 1 N–H and O–H groups in total. The van der Waals surface area contributed by atoms with E-state index in [-0.39, 0.29) is 48.9 Å². The summed E-state index contributed by atoms with van der Waals surface area (Å²) in [5.41, 5.74) is 1.42. The largest absolute Gasteiger partial charge is 0.497 e. The Kier molecular flexibility index (Phi) is 16.0. The Morgan fingerprint density at radius 3 is 2.12 bits per heavy atom. The standard InChI is InChI=1S/C44H53N6O7P/c1-31(2)50(32(3)4)58(55-26-12-25-45)57-40-28-39(24-19-36-27-42(51)48-43(47-36)46-30-49(5)6)56-41(40)29-54-44(33-13-10-9-11-14-33,34-15-20-37(52-7)21-16-34)35-17-22-38(53-8)23-18-35/h9-11,13-18,20-23,27,30-32,39-41H,12,26,28-29H2,1-8H3,(H,47,48,51)/b46-30+/t39-,40-,41+,58?/m0/s1. The second-order valence-corrected chi connectivity index (χ2v) is 15.7. The van der Waals surface area contributed by atoms with E-state index < -0.39 is 32.4 Å². The molecule has 1 aliphatic rings. The molecule has 4 atom stereocenters. The van der Waals surface area contributed by atoms with Gasteiger partial charge < -0.3 is 32.9 Å². The van der Waals surface area contributed by atoms with E-state index in [4.69, 9.17) is 28.0 Å². The molecule has 0 spiro atoms. The molecule has 0 aliphatic carbocycles. The van der Waals surface area contributed by atoms with Crippen molar-refractivity contribution in [1.82, 2.24) is 19.5 Å². The maximum atomic E-state index is 12.5. The fraction of sp³-hybridized carbons (Fsp3) is 0.409. The van der Waals surface area contributed by atoms with Gasteiger partial charge in [0.1, 0.15) is 35.0 Å². The maximum Gasteiger partial charge on any atom is 0.259 e. The van der Waals surface area contributed by atoms with Gasteiger partial charge in [0.2, 0.25) is 5.95 Å². The lowest BCUT2D eigenvalue weighted by Gasteiger charge is -2.39. The van der Waals surface area contributed by atoms with Gasteiger partial charge in [-0.1, -0.05) is 60.5 Å². The van der Waals surface area contributed by atoms with Crippen molar-refractivity contribution in [2.24, 2.45) is 4.99 Å². The molecule has 0 radical (unpaired) electrons. The molecule has 14 heteroatoms. The Labute approximate surface area is 342 Å². The molecule has 2 heterocycles. The number of nitrogens with one attached hydrogen (secondary N) is 1. The zero-order chi connectivity index (χ0) is 41.7. The number of nitriles is 1. The number of aromatic nitrogens is 2. The highest BCUT2D eigenvalue weighted by Gasteiger charge is 2.44. The summed E-state index contributed by atoms with van der Waals surface area (Å²) in [5, 5.41) is 9.35. The number of ether oxygens (including phenoxy) is 4. The van der Waals surface area contributed by atoms with E-state index in [1.807, 2.05) is 93.0 Å². The first kappa shape index (κ1) is 44.0. The molecule has 1 unspecified atom stereocenters. The third-order valence-electron chi connectivity index (χ3n) is 9.23. The van der Waals surface area contributed by atoms with Crippen LogP contribution in [0.1, 0.15) is 62.9 Å². The molecule has 1 fully saturated rings.